The Bertz CT molecular complexity index is 3570. The first-order valence-corrected chi connectivity index (χ1v) is 22.0. The highest BCUT2D eigenvalue weighted by atomic mass is 16.3. The number of fused-ring (bicyclic) bond motifs is 12. The average Bonchev–Trinajstić information content (AvgIpc) is 4.01. The summed E-state index contributed by atoms with van der Waals surface area (Å²) in [5.74, 6) is 0. The molecule has 63 heavy (non-hydrogen) atoms. The Morgan fingerprint density at radius 3 is 1.56 bits per heavy atom. The zero-order chi connectivity index (χ0) is 42.2. The number of anilines is 3. The van der Waals surface area contributed by atoms with Crippen molar-refractivity contribution in [3.8, 4) is 44.5 Å². The fourth-order valence-corrected chi connectivity index (χ4v) is 11.1. The molecule has 0 spiro atoms. The highest BCUT2D eigenvalue weighted by Crippen LogP contribution is 2.53. The number of nitrogens with zero attached hydrogens (tertiary/aromatic N) is 1. The molecule has 2 aromatic heterocycles. The van der Waals surface area contributed by atoms with Crippen LogP contribution in [0.3, 0.4) is 0 Å². The van der Waals surface area contributed by atoms with E-state index in [0.29, 0.717) is 0 Å². The van der Waals surface area contributed by atoms with Crippen LogP contribution in [-0.2, 0) is 10.8 Å². The third kappa shape index (κ3) is 5.14. The molecule has 0 bridgehead atoms. The number of furan rings is 2. The van der Waals surface area contributed by atoms with Crippen molar-refractivity contribution in [2.24, 2.45) is 0 Å². The van der Waals surface area contributed by atoms with Gasteiger partial charge in [0.1, 0.15) is 22.3 Å². The van der Waals surface area contributed by atoms with Crippen LogP contribution in [0.15, 0.2) is 197 Å². The third-order valence-corrected chi connectivity index (χ3v) is 14.3. The van der Waals surface area contributed by atoms with E-state index in [1.165, 1.54) is 44.5 Å². The molecule has 9 aromatic carbocycles. The Morgan fingerprint density at radius 2 is 0.889 bits per heavy atom. The van der Waals surface area contributed by atoms with Crippen molar-refractivity contribution in [2.75, 3.05) is 4.90 Å². The Kier molecular flexibility index (Phi) is 7.42. The molecule has 0 unspecified atom stereocenters. The van der Waals surface area contributed by atoms with Crippen LogP contribution in [0.4, 0.5) is 17.1 Å². The second-order valence-corrected chi connectivity index (χ2v) is 18.5. The van der Waals surface area contributed by atoms with Gasteiger partial charge in [0.25, 0.3) is 0 Å². The number of para-hydroxylation sites is 1. The third-order valence-electron chi connectivity index (χ3n) is 14.3. The van der Waals surface area contributed by atoms with Gasteiger partial charge in [0.2, 0.25) is 0 Å². The monoisotopic (exact) mass is 809 g/mol. The van der Waals surface area contributed by atoms with Crippen LogP contribution in [0.1, 0.15) is 49.9 Å². The van der Waals surface area contributed by atoms with Gasteiger partial charge in [0.05, 0.1) is 0 Å². The summed E-state index contributed by atoms with van der Waals surface area (Å²) >= 11 is 0. The molecule has 0 amide bonds. The lowest BCUT2D eigenvalue weighted by Gasteiger charge is -2.30. The second-order valence-electron chi connectivity index (χ2n) is 18.5. The summed E-state index contributed by atoms with van der Waals surface area (Å²) in [6.45, 7) is 9.43. The number of hydrogen-bond acceptors (Lipinski definition) is 3. The largest absolute Gasteiger partial charge is 0.456 e. The molecule has 2 heterocycles. The zero-order valence-corrected chi connectivity index (χ0v) is 35.7. The van der Waals surface area contributed by atoms with E-state index in [2.05, 4.69) is 209 Å². The molecule has 0 fully saturated rings. The van der Waals surface area contributed by atoms with Gasteiger partial charge in [-0.25, -0.2) is 0 Å². The van der Waals surface area contributed by atoms with Gasteiger partial charge in [0.15, 0.2) is 0 Å². The minimum atomic E-state index is -0.118. The summed E-state index contributed by atoms with van der Waals surface area (Å²) < 4.78 is 13.3. The average molecular weight is 810 g/mol. The highest BCUT2D eigenvalue weighted by Gasteiger charge is 2.38. The van der Waals surface area contributed by atoms with Crippen LogP contribution >= 0.6 is 0 Å². The molecule has 11 aromatic rings. The summed E-state index contributed by atoms with van der Waals surface area (Å²) in [6, 6.07) is 68.5. The molecule has 0 radical (unpaired) electrons. The van der Waals surface area contributed by atoms with Gasteiger partial charge in [-0.15, -0.1) is 0 Å². The minimum Gasteiger partial charge on any atom is -0.456 e. The Hall–Kier alpha value is -7.62. The molecule has 0 atom stereocenters. The summed E-state index contributed by atoms with van der Waals surface area (Å²) in [5, 5.41) is 4.28. The van der Waals surface area contributed by atoms with E-state index >= 15 is 0 Å². The fourth-order valence-electron chi connectivity index (χ4n) is 11.1. The Balaban J connectivity index is 0.948. The van der Waals surface area contributed by atoms with E-state index in [4.69, 9.17) is 8.83 Å². The summed E-state index contributed by atoms with van der Waals surface area (Å²) in [6.07, 6.45) is 0. The topological polar surface area (TPSA) is 29.5 Å². The molecule has 0 aliphatic heterocycles. The lowest BCUT2D eigenvalue weighted by molar-refractivity contribution is 0.660. The van der Waals surface area contributed by atoms with Crippen molar-refractivity contribution in [2.45, 2.75) is 38.5 Å². The van der Waals surface area contributed by atoms with E-state index in [1.54, 1.807) is 0 Å². The van der Waals surface area contributed by atoms with Crippen molar-refractivity contribution in [3.05, 3.63) is 210 Å². The molecule has 0 saturated carbocycles. The molecule has 3 heteroatoms. The van der Waals surface area contributed by atoms with Gasteiger partial charge in [-0.05, 0) is 122 Å². The first kappa shape index (κ1) is 36.1. The first-order chi connectivity index (χ1) is 30.7. The lowest BCUT2D eigenvalue weighted by atomic mass is 9.82. The number of benzene rings is 9. The lowest BCUT2D eigenvalue weighted by Crippen LogP contribution is -2.18. The van der Waals surface area contributed by atoms with E-state index in [0.717, 1.165) is 83.2 Å². The zero-order valence-electron chi connectivity index (χ0n) is 35.7. The van der Waals surface area contributed by atoms with Gasteiger partial charge in [-0.2, -0.15) is 0 Å². The Morgan fingerprint density at radius 1 is 0.349 bits per heavy atom. The molecule has 300 valence electrons. The van der Waals surface area contributed by atoms with Gasteiger partial charge in [-0.3, -0.25) is 0 Å². The van der Waals surface area contributed by atoms with Crippen molar-refractivity contribution in [1.29, 1.82) is 0 Å². The maximum atomic E-state index is 6.79. The molecular weight excluding hydrogens is 767 g/mol. The van der Waals surface area contributed by atoms with Crippen molar-refractivity contribution in [1.82, 2.24) is 0 Å². The van der Waals surface area contributed by atoms with Crippen LogP contribution in [-0.4, -0.2) is 0 Å². The second kappa shape index (κ2) is 13.0. The van der Waals surface area contributed by atoms with Crippen LogP contribution in [0, 0.1) is 0 Å². The molecule has 2 aliphatic rings. The van der Waals surface area contributed by atoms with Crippen molar-refractivity contribution in [3.63, 3.8) is 0 Å². The summed E-state index contributed by atoms with van der Waals surface area (Å²) in [5.41, 5.74) is 21.8. The normalized spacial score (nSPS) is 14.3. The van der Waals surface area contributed by atoms with Crippen LogP contribution in [0.2, 0.25) is 0 Å². The van der Waals surface area contributed by atoms with E-state index in [-0.39, 0.29) is 10.8 Å². The predicted octanol–water partition coefficient (Wildman–Crippen LogP) is 16.9. The smallest absolute Gasteiger partial charge is 0.144 e. The summed E-state index contributed by atoms with van der Waals surface area (Å²) in [7, 11) is 0. The predicted molar refractivity (Wildman–Crippen MR) is 262 cm³/mol. The maximum absolute atomic E-state index is 6.79. The van der Waals surface area contributed by atoms with Crippen molar-refractivity contribution >= 4 is 60.9 Å². The van der Waals surface area contributed by atoms with Crippen molar-refractivity contribution < 1.29 is 8.83 Å². The molecule has 0 saturated heterocycles. The first-order valence-electron chi connectivity index (χ1n) is 22.0. The number of rotatable bonds is 5. The molecular formula is C60H43NO2. The molecule has 13 rings (SSSR count). The van der Waals surface area contributed by atoms with Crippen LogP contribution < -0.4 is 4.90 Å². The standard InChI is InChI=1S/C60H43NO2/c1-59(2)49-19-11-8-16-42(49)44-29-27-40(33-51(44)59)61(41-28-30-45-43-17-9-12-20-50(43)60(3,4)52(45)34-41)39-25-22-36(23-26-39)38-24-31-54-47(32-38)48-35-55-57(46-18-10-13-21-53(46)62-55)56(58(48)63-54)37-14-6-5-7-15-37/h5-35H,1-4H3. The van der Waals surface area contributed by atoms with E-state index < -0.39 is 0 Å². The summed E-state index contributed by atoms with van der Waals surface area (Å²) in [4.78, 5) is 2.44. The SMILES string of the molecule is CC1(C)c2ccccc2-c2ccc(N(c3ccc(-c4ccc5oc6c(-c7ccccc7)c7c(cc6c5c4)oc4ccccc47)cc3)c3ccc4c(c3)C(C)(C)c3ccccc3-4)cc21. The molecule has 0 N–H and O–H groups in total. The quantitative estimate of drug-likeness (QED) is 0.173. The molecule has 3 nitrogen and oxygen atoms in total. The van der Waals surface area contributed by atoms with Gasteiger partial charge in [0, 0.05) is 55.0 Å². The number of hydrogen-bond donors (Lipinski definition) is 0. The van der Waals surface area contributed by atoms with Gasteiger partial charge < -0.3 is 13.7 Å². The Labute approximate surface area is 366 Å². The highest BCUT2D eigenvalue weighted by molar-refractivity contribution is 6.23. The molecule has 2 aliphatic carbocycles. The van der Waals surface area contributed by atoms with E-state index in [1.807, 2.05) is 12.1 Å². The minimum absolute atomic E-state index is 0.118. The fraction of sp³-hybridized carbons (Fsp3) is 0.100. The van der Waals surface area contributed by atoms with Crippen LogP contribution in [0.25, 0.3) is 88.4 Å². The van der Waals surface area contributed by atoms with Crippen LogP contribution in [0.5, 0.6) is 0 Å². The maximum Gasteiger partial charge on any atom is 0.144 e. The van der Waals surface area contributed by atoms with E-state index in [9.17, 15) is 0 Å². The van der Waals surface area contributed by atoms with Gasteiger partial charge >= 0.3 is 0 Å². The van der Waals surface area contributed by atoms with Gasteiger partial charge in [-0.1, -0.05) is 155 Å².